The van der Waals surface area contributed by atoms with Crippen LogP contribution in [0, 0.1) is 5.92 Å². The first-order valence-corrected chi connectivity index (χ1v) is 12.9. The molecule has 10 nitrogen and oxygen atoms in total. The first-order chi connectivity index (χ1) is 15.8. The Labute approximate surface area is 199 Å². The number of nitrogens with one attached hydrogen (secondary N) is 3. The van der Waals surface area contributed by atoms with Crippen LogP contribution >= 0.6 is 11.8 Å². The third-order valence-corrected chi connectivity index (χ3v) is 6.85. The number of aliphatic carboxylic acids is 1. The van der Waals surface area contributed by atoms with E-state index in [4.69, 9.17) is 5.11 Å². The molecule has 186 valence electrons. The minimum Gasteiger partial charge on any atom is -0.481 e. The molecular weight excluding hydrogens is 448 g/mol. The van der Waals surface area contributed by atoms with Crippen molar-refractivity contribution < 1.29 is 29.1 Å². The van der Waals surface area contributed by atoms with E-state index in [2.05, 4.69) is 16.0 Å². The molecule has 0 unspecified atom stereocenters. The Morgan fingerprint density at radius 2 is 1.82 bits per heavy atom. The van der Waals surface area contributed by atoms with E-state index in [-0.39, 0.29) is 54.4 Å². The molecule has 33 heavy (non-hydrogen) atoms. The highest BCUT2D eigenvalue weighted by atomic mass is 32.2. The largest absolute Gasteiger partial charge is 0.481 e. The van der Waals surface area contributed by atoms with Gasteiger partial charge in [-0.2, -0.15) is 0 Å². The molecule has 2 rings (SSSR count). The van der Waals surface area contributed by atoms with Gasteiger partial charge < -0.3 is 26.0 Å². The predicted molar refractivity (Wildman–Crippen MR) is 125 cm³/mol. The number of carbonyl (C=O) groups is 5. The quantitative estimate of drug-likeness (QED) is 0.265. The highest BCUT2D eigenvalue weighted by Gasteiger charge is 2.24. The first-order valence-electron chi connectivity index (χ1n) is 11.8. The summed E-state index contributed by atoms with van der Waals surface area (Å²) in [5.41, 5.74) is 0. The van der Waals surface area contributed by atoms with E-state index in [1.54, 1.807) is 4.90 Å². The summed E-state index contributed by atoms with van der Waals surface area (Å²) in [5, 5.41) is 17.1. The summed E-state index contributed by atoms with van der Waals surface area (Å²) in [6, 6.07) is -0.784. The molecule has 4 N–H and O–H groups in total. The molecule has 4 amide bonds. The number of carbonyl (C=O) groups excluding carboxylic acids is 4. The van der Waals surface area contributed by atoms with Gasteiger partial charge in [0.1, 0.15) is 6.04 Å². The molecule has 2 aliphatic rings. The molecule has 1 aliphatic carbocycles. The zero-order valence-electron chi connectivity index (χ0n) is 19.1. The van der Waals surface area contributed by atoms with Crippen molar-refractivity contribution in [3.63, 3.8) is 0 Å². The number of amides is 4. The number of carboxylic acid groups (broad SMARTS) is 1. The number of carboxylic acids is 1. The van der Waals surface area contributed by atoms with Crippen LogP contribution in [0.3, 0.4) is 0 Å². The number of piperidine rings is 1. The smallest absolute Gasteiger partial charge is 0.303 e. The fourth-order valence-corrected chi connectivity index (χ4v) is 4.40. The van der Waals surface area contributed by atoms with Crippen LogP contribution in [-0.2, 0) is 24.0 Å². The van der Waals surface area contributed by atoms with Crippen molar-refractivity contribution in [1.29, 1.82) is 0 Å². The number of rotatable bonds is 15. The van der Waals surface area contributed by atoms with Gasteiger partial charge in [-0.05, 0) is 44.4 Å². The summed E-state index contributed by atoms with van der Waals surface area (Å²) < 4.78 is 0. The fraction of sp³-hybridized carbons (Fsp3) is 0.773. The lowest BCUT2D eigenvalue weighted by atomic mass is 9.85. The van der Waals surface area contributed by atoms with Crippen molar-refractivity contribution in [3.05, 3.63) is 0 Å². The van der Waals surface area contributed by atoms with E-state index in [9.17, 15) is 24.0 Å². The van der Waals surface area contributed by atoms with E-state index in [0.717, 1.165) is 44.0 Å². The standard InChI is InChI=1S/C22H36N4O6S/c27-18(23-10-12-26-11-2-1-8-20(26)29)14-33-15-19(28)25-17(7-4-9-21(30)31)22(32)24-13-16-5-3-6-16/h16-17H,1-15H2,(H,23,27)(H,24,32)(H,25,28)(H,30,31)/t17-/m0/s1. The van der Waals surface area contributed by atoms with Crippen molar-refractivity contribution >= 4 is 41.4 Å². The number of nitrogens with zero attached hydrogens (tertiary/aromatic N) is 1. The van der Waals surface area contributed by atoms with E-state index in [1.807, 2.05) is 0 Å². The summed E-state index contributed by atoms with van der Waals surface area (Å²) in [7, 11) is 0. The number of hydrogen-bond donors (Lipinski definition) is 4. The molecule has 0 bridgehead atoms. The van der Waals surface area contributed by atoms with Crippen molar-refractivity contribution in [1.82, 2.24) is 20.9 Å². The molecule has 2 fully saturated rings. The third kappa shape index (κ3) is 10.9. The molecule has 1 aliphatic heterocycles. The maximum Gasteiger partial charge on any atom is 0.303 e. The van der Waals surface area contributed by atoms with Crippen molar-refractivity contribution in [2.75, 3.05) is 37.7 Å². The monoisotopic (exact) mass is 484 g/mol. The molecule has 0 spiro atoms. The lowest BCUT2D eigenvalue weighted by Gasteiger charge is -2.27. The molecule has 1 saturated carbocycles. The van der Waals surface area contributed by atoms with Crippen molar-refractivity contribution in [2.24, 2.45) is 5.92 Å². The molecule has 1 saturated heterocycles. The Hall–Kier alpha value is -2.30. The Morgan fingerprint density at radius 3 is 2.48 bits per heavy atom. The van der Waals surface area contributed by atoms with Gasteiger partial charge in [-0.3, -0.25) is 24.0 Å². The van der Waals surface area contributed by atoms with Crippen molar-refractivity contribution in [2.45, 2.75) is 63.8 Å². The Bertz CT molecular complexity index is 700. The van der Waals surface area contributed by atoms with Gasteiger partial charge in [0.25, 0.3) is 0 Å². The highest BCUT2D eigenvalue weighted by Crippen LogP contribution is 2.25. The molecule has 0 radical (unpaired) electrons. The number of likely N-dealkylation sites (tertiary alicyclic amines) is 1. The second-order valence-corrected chi connectivity index (χ2v) is 9.61. The summed E-state index contributed by atoms with van der Waals surface area (Å²) in [5.74, 6) is -1.11. The number of thioether (sulfide) groups is 1. The Kier molecular flexibility index (Phi) is 12.1. The van der Waals surface area contributed by atoms with Crippen LogP contribution < -0.4 is 16.0 Å². The van der Waals surface area contributed by atoms with Crippen LogP contribution in [-0.4, -0.2) is 83.3 Å². The van der Waals surface area contributed by atoms with Gasteiger partial charge in [0.2, 0.25) is 23.6 Å². The molecule has 11 heteroatoms. The first kappa shape index (κ1) is 26.9. The van der Waals surface area contributed by atoms with Crippen LogP contribution in [0.1, 0.15) is 57.8 Å². The summed E-state index contributed by atoms with van der Waals surface area (Å²) in [4.78, 5) is 61.0. The molecule has 1 atom stereocenters. The number of hydrogen-bond acceptors (Lipinski definition) is 6. The zero-order chi connectivity index (χ0) is 24.1. The van der Waals surface area contributed by atoms with Crippen molar-refractivity contribution in [3.8, 4) is 0 Å². The fourth-order valence-electron chi connectivity index (χ4n) is 3.74. The van der Waals surface area contributed by atoms with E-state index in [1.165, 1.54) is 6.42 Å². The van der Waals surface area contributed by atoms with Crippen LogP contribution in [0.2, 0.25) is 0 Å². The highest BCUT2D eigenvalue weighted by molar-refractivity contribution is 8.00. The topological polar surface area (TPSA) is 145 Å². The summed E-state index contributed by atoms with van der Waals surface area (Å²) >= 11 is 1.14. The SMILES string of the molecule is O=C(O)CCC[C@H](NC(=O)CSCC(=O)NCCN1CCCCC1=O)C(=O)NCC1CCC1. The molecule has 0 aromatic rings. The second kappa shape index (κ2) is 14.8. The molecule has 0 aromatic carbocycles. The average Bonchev–Trinajstić information content (AvgIpc) is 2.73. The van der Waals surface area contributed by atoms with E-state index >= 15 is 0 Å². The van der Waals surface area contributed by atoms with Gasteiger partial charge in [-0.25, -0.2) is 0 Å². The van der Waals surface area contributed by atoms with Gasteiger partial charge in [-0.1, -0.05) is 6.42 Å². The van der Waals surface area contributed by atoms with Gasteiger partial charge >= 0.3 is 5.97 Å². The van der Waals surface area contributed by atoms with Crippen LogP contribution in [0.25, 0.3) is 0 Å². The lowest BCUT2D eigenvalue weighted by Crippen LogP contribution is -2.48. The van der Waals surface area contributed by atoms with Crippen LogP contribution in [0.15, 0.2) is 0 Å². The molecule has 1 heterocycles. The van der Waals surface area contributed by atoms with Crippen LogP contribution in [0.5, 0.6) is 0 Å². The van der Waals surface area contributed by atoms with Gasteiger partial charge in [0.05, 0.1) is 11.5 Å². The third-order valence-electron chi connectivity index (χ3n) is 5.92. The minimum atomic E-state index is -0.943. The summed E-state index contributed by atoms with van der Waals surface area (Å²) in [6.45, 7) is 2.17. The van der Waals surface area contributed by atoms with Gasteiger partial charge in [-0.15, -0.1) is 11.8 Å². The lowest BCUT2D eigenvalue weighted by molar-refractivity contribution is -0.137. The van der Waals surface area contributed by atoms with Gasteiger partial charge in [0.15, 0.2) is 0 Å². The van der Waals surface area contributed by atoms with Crippen LogP contribution in [0.4, 0.5) is 0 Å². The Balaban J connectivity index is 1.64. The van der Waals surface area contributed by atoms with E-state index < -0.39 is 12.0 Å². The average molecular weight is 485 g/mol. The normalized spacial score (nSPS) is 17.1. The Morgan fingerprint density at radius 1 is 1.06 bits per heavy atom. The predicted octanol–water partition coefficient (Wildman–Crippen LogP) is 0.504. The van der Waals surface area contributed by atoms with Gasteiger partial charge in [0, 0.05) is 39.0 Å². The maximum atomic E-state index is 12.5. The zero-order valence-corrected chi connectivity index (χ0v) is 19.9. The minimum absolute atomic E-state index is 0.0172. The molecular formula is C22H36N4O6S. The maximum absolute atomic E-state index is 12.5. The molecule has 0 aromatic heterocycles. The van der Waals surface area contributed by atoms with E-state index in [0.29, 0.717) is 32.0 Å². The summed E-state index contributed by atoms with van der Waals surface area (Å²) in [6.07, 6.45) is 6.27. The second-order valence-electron chi connectivity index (χ2n) is 8.63.